The number of aromatic nitrogens is 1. The molecule has 0 saturated carbocycles. The van der Waals surface area contributed by atoms with Gasteiger partial charge in [-0.05, 0) is 29.8 Å². The van der Waals surface area contributed by atoms with Crippen molar-refractivity contribution in [3.8, 4) is 0 Å². The number of benzene rings is 1. The molecule has 1 N–H and O–H groups in total. The molecule has 0 saturated heterocycles. The predicted molar refractivity (Wildman–Crippen MR) is 64.0 cm³/mol. The van der Waals surface area contributed by atoms with E-state index in [4.69, 9.17) is 0 Å². The quantitative estimate of drug-likeness (QED) is 0.906. The third-order valence-electron chi connectivity index (χ3n) is 3.00. The molecule has 0 aliphatic carbocycles. The van der Waals surface area contributed by atoms with Crippen LogP contribution in [0.4, 0.5) is 8.78 Å². The van der Waals surface area contributed by atoms with Crippen LogP contribution in [0, 0.1) is 11.6 Å². The highest BCUT2D eigenvalue weighted by Gasteiger charge is 2.24. The Morgan fingerprint density at radius 2 is 1.61 bits per heavy atom. The average Bonchev–Trinajstić information content (AvgIpc) is 2.38. The van der Waals surface area contributed by atoms with Crippen molar-refractivity contribution < 1.29 is 13.9 Å². The van der Waals surface area contributed by atoms with E-state index in [1.165, 1.54) is 6.07 Å². The minimum Gasteiger partial charge on any atom is -0.388 e. The summed E-state index contributed by atoms with van der Waals surface area (Å²) in [5.41, 5.74) is 0.488. The number of pyridine rings is 1. The van der Waals surface area contributed by atoms with Gasteiger partial charge in [0.05, 0.1) is 11.7 Å². The van der Waals surface area contributed by atoms with Crippen molar-refractivity contribution in [1.82, 2.24) is 4.98 Å². The van der Waals surface area contributed by atoms with Gasteiger partial charge >= 0.3 is 0 Å². The van der Waals surface area contributed by atoms with E-state index in [1.807, 2.05) is 0 Å². The topological polar surface area (TPSA) is 33.1 Å². The Labute approximate surface area is 104 Å². The van der Waals surface area contributed by atoms with E-state index in [9.17, 15) is 13.9 Å². The predicted octanol–water partition coefficient (Wildman–Crippen LogP) is 3.20. The first-order chi connectivity index (χ1) is 8.61. The smallest absolute Gasteiger partial charge is 0.131 e. The van der Waals surface area contributed by atoms with Gasteiger partial charge in [0, 0.05) is 18.3 Å². The van der Waals surface area contributed by atoms with Gasteiger partial charge in [0.1, 0.15) is 11.6 Å². The number of rotatable bonds is 3. The van der Waals surface area contributed by atoms with Crippen molar-refractivity contribution in [1.29, 1.82) is 0 Å². The molecule has 4 heteroatoms. The lowest BCUT2D eigenvalue weighted by molar-refractivity contribution is 0.142. The zero-order valence-electron chi connectivity index (χ0n) is 9.85. The number of aliphatic hydroxyl groups excluding tert-OH is 1. The molecule has 2 atom stereocenters. The summed E-state index contributed by atoms with van der Waals surface area (Å²) in [6.07, 6.45) is 1.93. The normalized spacial score (nSPS) is 14.2. The third kappa shape index (κ3) is 2.38. The molecule has 0 bridgehead atoms. The average molecular weight is 249 g/mol. The molecular weight excluding hydrogens is 236 g/mol. The maximum Gasteiger partial charge on any atom is 0.131 e. The largest absolute Gasteiger partial charge is 0.388 e. The lowest BCUT2D eigenvalue weighted by Crippen LogP contribution is -2.11. The van der Waals surface area contributed by atoms with Crippen LogP contribution in [0.3, 0.4) is 0 Å². The first-order valence-corrected chi connectivity index (χ1v) is 5.63. The Bertz CT molecular complexity index is 510. The van der Waals surface area contributed by atoms with Crippen molar-refractivity contribution in [2.24, 2.45) is 0 Å². The summed E-state index contributed by atoms with van der Waals surface area (Å²) in [5.74, 6) is -1.88. The molecule has 94 valence electrons. The summed E-state index contributed by atoms with van der Waals surface area (Å²) >= 11 is 0. The molecule has 18 heavy (non-hydrogen) atoms. The van der Waals surface area contributed by atoms with Crippen molar-refractivity contribution in [3.05, 3.63) is 65.5 Å². The second-order valence-electron chi connectivity index (χ2n) is 4.15. The maximum absolute atomic E-state index is 13.6. The van der Waals surface area contributed by atoms with Crippen molar-refractivity contribution in [3.63, 3.8) is 0 Å². The van der Waals surface area contributed by atoms with E-state index in [0.29, 0.717) is 0 Å². The van der Waals surface area contributed by atoms with Gasteiger partial charge in [0.25, 0.3) is 0 Å². The molecule has 2 nitrogen and oxygen atoms in total. The van der Waals surface area contributed by atoms with Gasteiger partial charge in [-0.3, -0.25) is 4.98 Å². The Kier molecular flexibility index (Phi) is 3.67. The molecule has 0 amide bonds. The van der Waals surface area contributed by atoms with Crippen LogP contribution in [0.25, 0.3) is 0 Å². The highest BCUT2D eigenvalue weighted by atomic mass is 19.1. The number of aliphatic hydroxyl groups is 1. The Hall–Kier alpha value is -1.81. The van der Waals surface area contributed by atoms with E-state index in [1.54, 1.807) is 31.5 Å². The number of hydrogen-bond donors (Lipinski definition) is 1. The van der Waals surface area contributed by atoms with Crippen molar-refractivity contribution >= 4 is 0 Å². The summed E-state index contributed by atoms with van der Waals surface area (Å²) in [6.45, 7) is 1.71. The SMILES string of the molecule is CC(c1ccncc1)C(O)c1c(F)cccc1F. The number of nitrogens with zero attached hydrogens (tertiary/aromatic N) is 1. The molecule has 2 rings (SSSR count). The van der Waals surface area contributed by atoms with Gasteiger partial charge in [-0.1, -0.05) is 13.0 Å². The minimum absolute atomic E-state index is 0.290. The van der Waals surface area contributed by atoms with Crippen molar-refractivity contribution in [2.45, 2.75) is 18.9 Å². The molecule has 0 aliphatic heterocycles. The fraction of sp³-hybridized carbons (Fsp3) is 0.214. The summed E-state index contributed by atoms with van der Waals surface area (Å²) in [7, 11) is 0. The number of hydrogen-bond acceptors (Lipinski definition) is 2. The van der Waals surface area contributed by atoms with Crippen LogP contribution in [0.5, 0.6) is 0 Å². The van der Waals surface area contributed by atoms with Gasteiger partial charge in [-0.25, -0.2) is 8.78 Å². The Balaban J connectivity index is 2.34. The van der Waals surface area contributed by atoms with Gasteiger partial charge in [0.15, 0.2) is 0 Å². The van der Waals surface area contributed by atoms with Crippen LogP contribution in [0.15, 0.2) is 42.7 Å². The second kappa shape index (κ2) is 5.23. The maximum atomic E-state index is 13.6. The molecule has 0 fully saturated rings. The zero-order chi connectivity index (χ0) is 13.1. The van der Waals surface area contributed by atoms with Crippen LogP contribution < -0.4 is 0 Å². The van der Waals surface area contributed by atoms with Crippen LogP contribution in [-0.2, 0) is 0 Å². The van der Waals surface area contributed by atoms with Crippen LogP contribution in [0.1, 0.15) is 30.1 Å². The first kappa shape index (κ1) is 12.6. The molecule has 1 aromatic heterocycles. The third-order valence-corrected chi connectivity index (χ3v) is 3.00. The van der Waals surface area contributed by atoms with Gasteiger partial charge < -0.3 is 5.11 Å². The highest BCUT2D eigenvalue weighted by molar-refractivity contribution is 5.27. The van der Waals surface area contributed by atoms with E-state index in [2.05, 4.69) is 4.98 Å². The highest BCUT2D eigenvalue weighted by Crippen LogP contribution is 2.32. The lowest BCUT2D eigenvalue weighted by atomic mass is 9.91. The van der Waals surface area contributed by atoms with E-state index in [0.717, 1.165) is 17.7 Å². The summed E-state index contributed by atoms with van der Waals surface area (Å²) in [4.78, 5) is 3.87. The first-order valence-electron chi connectivity index (χ1n) is 5.63. The Morgan fingerprint density at radius 3 is 2.17 bits per heavy atom. The second-order valence-corrected chi connectivity index (χ2v) is 4.15. The molecule has 2 unspecified atom stereocenters. The summed E-state index contributed by atoms with van der Waals surface area (Å²) in [5, 5.41) is 10.1. The zero-order valence-corrected chi connectivity index (χ0v) is 9.85. The van der Waals surface area contributed by atoms with Gasteiger partial charge in [0.2, 0.25) is 0 Å². The summed E-state index contributed by atoms with van der Waals surface area (Å²) < 4.78 is 27.1. The Morgan fingerprint density at radius 1 is 1.06 bits per heavy atom. The van der Waals surface area contributed by atoms with E-state index >= 15 is 0 Å². The molecular formula is C14H13F2NO. The molecule has 1 heterocycles. The number of halogens is 2. The van der Waals surface area contributed by atoms with Crippen LogP contribution in [-0.4, -0.2) is 10.1 Å². The van der Waals surface area contributed by atoms with Gasteiger partial charge in [-0.15, -0.1) is 0 Å². The molecule has 0 spiro atoms. The van der Waals surface area contributed by atoms with Crippen LogP contribution in [0.2, 0.25) is 0 Å². The monoisotopic (exact) mass is 249 g/mol. The molecule has 0 aliphatic rings. The van der Waals surface area contributed by atoms with E-state index < -0.39 is 23.7 Å². The molecule has 0 radical (unpaired) electrons. The van der Waals surface area contributed by atoms with Gasteiger partial charge in [-0.2, -0.15) is 0 Å². The fourth-order valence-corrected chi connectivity index (χ4v) is 1.89. The fourth-order valence-electron chi connectivity index (χ4n) is 1.89. The van der Waals surface area contributed by atoms with E-state index in [-0.39, 0.29) is 5.56 Å². The molecule has 1 aromatic carbocycles. The lowest BCUT2D eigenvalue weighted by Gasteiger charge is -2.20. The van der Waals surface area contributed by atoms with Crippen molar-refractivity contribution in [2.75, 3.05) is 0 Å². The molecule has 2 aromatic rings. The standard InChI is InChI=1S/C14H13F2NO/c1-9(10-5-7-17-8-6-10)14(18)13-11(15)3-2-4-12(13)16/h2-9,14,18H,1H3. The van der Waals surface area contributed by atoms with Crippen LogP contribution >= 0.6 is 0 Å². The summed E-state index contributed by atoms with van der Waals surface area (Å²) in [6, 6.07) is 6.99. The minimum atomic E-state index is -1.23.